The Morgan fingerprint density at radius 3 is 2.57 bits per heavy atom. The van der Waals surface area contributed by atoms with E-state index in [9.17, 15) is 9.90 Å². The minimum absolute atomic E-state index is 0.306. The maximum Gasteiger partial charge on any atom is 0.337 e. The summed E-state index contributed by atoms with van der Waals surface area (Å²) in [4.78, 5) is 11.2. The lowest BCUT2D eigenvalue weighted by atomic mass is 10.1. The first-order valence-corrected chi connectivity index (χ1v) is 7.76. The van der Waals surface area contributed by atoms with E-state index in [2.05, 4.69) is 25.2 Å². The Labute approximate surface area is 137 Å². The second-order valence-electron chi connectivity index (χ2n) is 5.68. The largest absolute Gasteiger partial charge is 0.494 e. The minimum Gasteiger partial charge on any atom is -0.494 e. The molecule has 0 bridgehead atoms. The normalized spacial score (nSPS) is 10.4. The molecule has 0 unspecified atom stereocenters. The minimum atomic E-state index is -0.914. The number of carbonyl (C=O) groups is 1. The zero-order valence-electron chi connectivity index (χ0n) is 13.8. The Balaban J connectivity index is 1.84. The van der Waals surface area contributed by atoms with Crippen LogP contribution in [0, 0.1) is 20.8 Å². The first-order chi connectivity index (χ1) is 11.0. The Bertz CT molecular complexity index is 695. The molecule has 0 amide bonds. The van der Waals surface area contributed by atoms with Crippen molar-refractivity contribution in [3.8, 4) is 5.75 Å². The van der Waals surface area contributed by atoms with Crippen LogP contribution in [0.2, 0.25) is 0 Å². The summed E-state index contributed by atoms with van der Waals surface area (Å²) in [5.74, 6) is -0.0437. The van der Waals surface area contributed by atoms with E-state index in [1.54, 1.807) is 12.1 Å². The summed E-state index contributed by atoms with van der Waals surface area (Å²) in [6.45, 7) is 7.29. The van der Waals surface area contributed by atoms with Gasteiger partial charge in [-0.25, -0.2) is 4.79 Å². The molecule has 2 rings (SSSR count). The third-order valence-corrected chi connectivity index (χ3v) is 3.87. The summed E-state index contributed by atoms with van der Waals surface area (Å²) < 4.78 is 5.73. The van der Waals surface area contributed by atoms with Crippen molar-refractivity contribution in [2.75, 3.05) is 18.5 Å². The predicted molar refractivity (Wildman–Crippen MR) is 92.7 cm³/mol. The molecule has 122 valence electrons. The number of ether oxygens (including phenoxy) is 1. The number of para-hydroxylation sites is 1. The van der Waals surface area contributed by atoms with Gasteiger partial charge in [0, 0.05) is 6.54 Å². The third-order valence-electron chi connectivity index (χ3n) is 3.87. The van der Waals surface area contributed by atoms with Crippen molar-refractivity contribution in [1.29, 1.82) is 0 Å². The molecule has 2 N–H and O–H groups in total. The number of benzene rings is 2. The van der Waals surface area contributed by atoms with Crippen LogP contribution in [0.5, 0.6) is 5.75 Å². The number of aryl methyl sites for hydroxylation is 3. The van der Waals surface area contributed by atoms with E-state index < -0.39 is 5.97 Å². The molecule has 4 heteroatoms. The van der Waals surface area contributed by atoms with Crippen LogP contribution in [0.3, 0.4) is 0 Å². The summed E-state index contributed by atoms with van der Waals surface area (Å²) >= 11 is 0. The lowest BCUT2D eigenvalue weighted by Gasteiger charge is -2.13. The number of nitrogens with one attached hydrogen (secondary N) is 1. The lowest BCUT2D eigenvalue weighted by Crippen LogP contribution is -2.11. The second-order valence-corrected chi connectivity index (χ2v) is 5.68. The van der Waals surface area contributed by atoms with Crippen molar-refractivity contribution < 1.29 is 14.6 Å². The smallest absolute Gasteiger partial charge is 0.337 e. The van der Waals surface area contributed by atoms with Gasteiger partial charge in [0.15, 0.2) is 0 Å². The van der Waals surface area contributed by atoms with Gasteiger partial charge in [-0.15, -0.1) is 0 Å². The highest BCUT2D eigenvalue weighted by Crippen LogP contribution is 2.20. The summed E-state index contributed by atoms with van der Waals surface area (Å²) in [6.07, 6.45) is 0.792. The molecule has 0 radical (unpaired) electrons. The SMILES string of the molecule is Cc1ccc(OCCCNc2c(C)cccc2C(=O)O)cc1C. The monoisotopic (exact) mass is 313 g/mol. The summed E-state index contributed by atoms with van der Waals surface area (Å²) in [6, 6.07) is 11.3. The van der Waals surface area contributed by atoms with Gasteiger partial charge in [0.1, 0.15) is 5.75 Å². The predicted octanol–water partition coefficient (Wildman–Crippen LogP) is 4.19. The van der Waals surface area contributed by atoms with E-state index in [1.807, 2.05) is 25.1 Å². The van der Waals surface area contributed by atoms with E-state index in [1.165, 1.54) is 11.1 Å². The molecule has 0 spiro atoms. The Morgan fingerprint density at radius 1 is 1.09 bits per heavy atom. The highest BCUT2D eigenvalue weighted by Gasteiger charge is 2.11. The third kappa shape index (κ3) is 4.49. The average molecular weight is 313 g/mol. The number of carboxylic acid groups (broad SMARTS) is 1. The molecule has 2 aromatic rings. The number of carboxylic acids is 1. The quantitative estimate of drug-likeness (QED) is 0.752. The van der Waals surface area contributed by atoms with Gasteiger partial charge >= 0.3 is 5.97 Å². The van der Waals surface area contributed by atoms with Crippen molar-refractivity contribution >= 4 is 11.7 Å². The summed E-state index contributed by atoms with van der Waals surface area (Å²) in [5, 5.41) is 12.4. The second kappa shape index (κ2) is 7.68. The van der Waals surface area contributed by atoms with Crippen molar-refractivity contribution in [1.82, 2.24) is 0 Å². The van der Waals surface area contributed by atoms with Crippen LogP contribution in [0.1, 0.15) is 33.5 Å². The van der Waals surface area contributed by atoms with Gasteiger partial charge in [0.25, 0.3) is 0 Å². The molecule has 2 aromatic carbocycles. The molecule has 0 aromatic heterocycles. The molecule has 0 aliphatic rings. The molecule has 0 fully saturated rings. The van der Waals surface area contributed by atoms with Gasteiger partial charge in [0.05, 0.1) is 17.9 Å². The molecule has 0 atom stereocenters. The first kappa shape index (κ1) is 16.9. The number of anilines is 1. The highest BCUT2D eigenvalue weighted by molar-refractivity contribution is 5.95. The maximum absolute atomic E-state index is 11.2. The highest BCUT2D eigenvalue weighted by atomic mass is 16.5. The van der Waals surface area contributed by atoms with E-state index in [-0.39, 0.29) is 0 Å². The van der Waals surface area contributed by atoms with Crippen molar-refractivity contribution in [3.05, 3.63) is 58.7 Å². The summed E-state index contributed by atoms with van der Waals surface area (Å²) in [5.41, 5.74) is 4.39. The van der Waals surface area contributed by atoms with E-state index in [0.29, 0.717) is 24.4 Å². The number of aromatic carboxylic acids is 1. The van der Waals surface area contributed by atoms with E-state index in [0.717, 1.165) is 17.7 Å². The van der Waals surface area contributed by atoms with Crippen LogP contribution in [0.25, 0.3) is 0 Å². The van der Waals surface area contributed by atoms with Crippen LogP contribution in [0.4, 0.5) is 5.69 Å². The number of hydrogen-bond donors (Lipinski definition) is 2. The fourth-order valence-corrected chi connectivity index (χ4v) is 2.36. The number of rotatable bonds is 7. The van der Waals surface area contributed by atoms with Crippen molar-refractivity contribution in [3.63, 3.8) is 0 Å². The molecular formula is C19H23NO3. The number of hydrogen-bond acceptors (Lipinski definition) is 3. The zero-order chi connectivity index (χ0) is 16.8. The Morgan fingerprint density at radius 2 is 1.87 bits per heavy atom. The Kier molecular flexibility index (Phi) is 5.63. The molecule has 0 aliphatic heterocycles. The Hall–Kier alpha value is -2.49. The molecule has 4 nitrogen and oxygen atoms in total. The van der Waals surface area contributed by atoms with Gasteiger partial charge < -0.3 is 15.2 Å². The van der Waals surface area contributed by atoms with Crippen LogP contribution >= 0.6 is 0 Å². The van der Waals surface area contributed by atoms with Crippen molar-refractivity contribution in [2.45, 2.75) is 27.2 Å². The fraction of sp³-hybridized carbons (Fsp3) is 0.316. The van der Waals surface area contributed by atoms with Crippen LogP contribution in [0.15, 0.2) is 36.4 Å². The topological polar surface area (TPSA) is 58.6 Å². The van der Waals surface area contributed by atoms with Gasteiger partial charge in [-0.2, -0.15) is 0 Å². The van der Waals surface area contributed by atoms with Gasteiger partial charge in [0.2, 0.25) is 0 Å². The van der Waals surface area contributed by atoms with Gasteiger partial charge in [-0.05, 0) is 62.1 Å². The van der Waals surface area contributed by atoms with Crippen LogP contribution in [-0.4, -0.2) is 24.2 Å². The molecule has 0 aliphatic carbocycles. The van der Waals surface area contributed by atoms with E-state index >= 15 is 0 Å². The van der Waals surface area contributed by atoms with Crippen LogP contribution < -0.4 is 10.1 Å². The van der Waals surface area contributed by atoms with Crippen molar-refractivity contribution in [2.24, 2.45) is 0 Å². The fourth-order valence-electron chi connectivity index (χ4n) is 2.36. The zero-order valence-corrected chi connectivity index (χ0v) is 13.8. The molecule has 23 heavy (non-hydrogen) atoms. The van der Waals surface area contributed by atoms with E-state index in [4.69, 9.17) is 4.74 Å². The summed E-state index contributed by atoms with van der Waals surface area (Å²) in [7, 11) is 0. The molecule has 0 heterocycles. The molecule has 0 saturated heterocycles. The van der Waals surface area contributed by atoms with Crippen LogP contribution in [-0.2, 0) is 0 Å². The molecule has 0 saturated carbocycles. The van der Waals surface area contributed by atoms with Gasteiger partial charge in [-0.1, -0.05) is 18.2 Å². The maximum atomic E-state index is 11.2. The van der Waals surface area contributed by atoms with Gasteiger partial charge in [-0.3, -0.25) is 0 Å². The lowest BCUT2D eigenvalue weighted by molar-refractivity contribution is 0.0698. The standard InChI is InChI=1S/C19H23NO3/c1-13-8-9-16(12-15(13)3)23-11-5-10-20-18-14(2)6-4-7-17(18)19(21)22/h4,6-9,12,20H,5,10-11H2,1-3H3,(H,21,22). The molecular weight excluding hydrogens is 290 g/mol. The first-order valence-electron chi connectivity index (χ1n) is 7.76. The average Bonchev–Trinajstić information content (AvgIpc) is 2.51.